The van der Waals surface area contributed by atoms with Gasteiger partial charge in [-0.15, -0.1) is 0 Å². The van der Waals surface area contributed by atoms with E-state index in [2.05, 4.69) is 0 Å². The number of esters is 2. The summed E-state index contributed by atoms with van der Waals surface area (Å²) >= 11 is 0. The lowest BCUT2D eigenvalue weighted by Crippen LogP contribution is -2.41. The molecule has 7 heteroatoms. The van der Waals surface area contributed by atoms with E-state index in [0.717, 1.165) is 0 Å². The maximum Gasteiger partial charge on any atom is 0.311 e. The summed E-state index contributed by atoms with van der Waals surface area (Å²) < 4.78 is 10.0. The fourth-order valence-electron chi connectivity index (χ4n) is 1.13. The van der Waals surface area contributed by atoms with Gasteiger partial charge >= 0.3 is 11.9 Å². The molecule has 6 nitrogen and oxygen atoms in total. The van der Waals surface area contributed by atoms with E-state index in [0.29, 0.717) is 0 Å². The van der Waals surface area contributed by atoms with E-state index in [1.807, 2.05) is 0 Å². The third kappa shape index (κ3) is 8.07. The molecule has 0 rings (SSSR count). The summed E-state index contributed by atoms with van der Waals surface area (Å²) in [5.74, 6) is -0.932. The van der Waals surface area contributed by atoms with Crippen molar-refractivity contribution in [3.63, 3.8) is 0 Å². The standard InChI is InChI=1S/C14H26BO6/c1-13(2,3)11(18)20-8-9(17)15-10(7-16)21-12(19)14(4,5)6/h9-10,16-17H,7-8H2,1-6H3. The molecule has 2 unspecified atom stereocenters. The quantitative estimate of drug-likeness (QED) is 0.548. The van der Waals surface area contributed by atoms with E-state index in [9.17, 15) is 14.7 Å². The first-order valence-electron chi connectivity index (χ1n) is 6.90. The second kappa shape index (κ2) is 7.80. The van der Waals surface area contributed by atoms with Gasteiger partial charge in [-0.3, -0.25) is 9.59 Å². The summed E-state index contributed by atoms with van der Waals surface area (Å²) in [4.78, 5) is 23.2. The third-order valence-electron chi connectivity index (χ3n) is 2.49. The molecular formula is C14H26BO6. The van der Waals surface area contributed by atoms with E-state index >= 15 is 0 Å². The number of carbonyl (C=O) groups excluding carboxylic acids is 2. The summed E-state index contributed by atoms with van der Waals surface area (Å²) in [7, 11) is 1.24. The molecule has 0 fully saturated rings. The van der Waals surface area contributed by atoms with Gasteiger partial charge in [0, 0.05) is 0 Å². The zero-order valence-corrected chi connectivity index (χ0v) is 13.7. The number of hydrogen-bond acceptors (Lipinski definition) is 6. The molecule has 0 saturated carbocycles. The molecular weight excluding hydrogens is 275 g/mol. The van der Waals surface area contributed by atoms with Crippen molar-refractivity contribution in [1.82, 2.24) is 0 Å². The highest BCUT2D eigenvalue weighted by Crippen LogP contribution is 2.17. The fourth-order valence-corrected chi connectivity index (χ4v) is 1.13. The Morgan fingerprint density at radius 2 is 1.52 bits per heavy atom. The summed E-state index contributed by atoms with van der Waals surface area (Å²) in [5.41, 5.74) is -1.36. The molecule has 2 atom stereocenters. The van der Waals surface area contributed by atoms with Crippen LogP contribution >= 0.6 is 0 Å². The average Bonchev–Trinajstić information content (AvgIpc) is 2.32. The number of carbonyl (C=O) groups is 2. The van der Waals surface area contributed by atoms with Gasteiger partial charge in [0.25, 0.3) is 0 Å². The molecule has 0 aliphatic heterocycles. The van der Waals surface area contributed by atoms with Crippen molar-refractivity contribution >= 4 is 19.2 Å². The first-order chi connectivity index (χ1) is 9.37. The molecule has 0 aliphatic carbocycles. The van der Waals surface area contributed by atoms with Crippen LogP contribution in [0.3, 0.4) is 0 Å². The number of aliphatic hydroxyl groups excluding tert-OH is 2. The zero-order valence-electron chi connectivity index (χ0n) is 13.7. The highest BCUT2D eigenvalue weighted by atomic mass is 16.6. The number of hydrogen-bond donors (Lipinski definition) is 2. The van der Waals surface area contributed by atoms with E-state index in [1.54, 1.807) is 41.5 Å². The van der Waals surface area contributed by atoms with Crippen molar-refractivity contribution in [3.05, 3.63) is 0 Å². The van der Waals surface area contributed by atoms with Crippen LogP contribution in [-0.2, 0) is 19.1 Å². The molecule has 121 valence electrons. The van der Waals surface area contributed by atoms with E-state index in [-0.39, 0.29) is 6.61 Å². The Hall–Kier alpha value is -1.08. The largest absolute Gasteiger partial charge is 0.469 e. The van der Waals surface area contributed by atoms with Gasteiger partial charge in [-0.05, 0) is 41.5 Å². The van der Waals surface area contributed by atoms with Gasteiger partial charge in [-0.2, -0.15) is 0 Å². The van der Waals surface area contributed by atoms with Gasteiger partial charge in [0.1, 0.15) is 6.61 Å². The number of aliphatic hydroxyl groups is 2. The molecule has 1 radical (unpaired) electrons. The Bertz CT molecular complexity index is 355. The molecule has 0 aromatic rings. The van der Waals surface area contributed by atoms with E-state index in [4.69, 9.17) is 14.6 Å². The Morgan fingerprint density at radius 3 is 1.90 bits per heavy atom. The van der Waals surface area contributed by atoms with Gasteiger partial charge in [0.05, 0.1) is 29.4 Å². The molecule has 0 amide bonds. The summed E-state index contributed by atoms with van der Waals surface area (Å²) in [6.07, 6.45) is 0. The van der Waals surface area contributed by atoms with Crippen LogP contribution in [0.25, 0.3) is 0 Å². The van der Waals surface area contributed by atoms with Gasteiger partial charge in [-0.25, -0.2) is 0 Å². The molecule has 0 heterocycles. The summed E-state index contributed by atoms with van der Waals surface area (Å²) in [6, 6.07) is -2.07. The first kappa shape index (κ1) is 19.9. The van der Waals surface area contributed by atoms with Crippen molar-refractivity contribution in [2.24, 2.45) is 10.8 Å². The fraction of sp³-hybridized carbons (Fsp3) is 0.857. The van der Waals surface area contributed by atoms with Crippen molar-refractivity contribution < 1.29 is 29.3 Å². The highest BCUT2D eigenvalue weighted by Gasteiger charge is 2.29. The Kier molecular flexibility index (Phi) is 7.40. The van der Waals surface area contributed by atoms with Gasteiger partial charge in [0.2, 0.25) is 7.28 Å². The van der Waals surface area contributed by atoms with Crippen LogP contribution in [0.5, 0.6) is 0 Å². The van der Waals surface area contributed by atoms with Crippen molar-refractivity contribution in [3.8, 4) is 0 Å². The van der Waals surface area contributed by atoms with Crippen LogP contribution in [0.4, 0.5) is 0 Å². The van der Waals surface area contributed by atoms with E-state index in [1.165, 1.54) is 7.28 Å². The minimum Gasteiger partial charge on any atom is -0.469 e. The first-order valence-corrected chi connectivity index (χ1v) is 6.90. The number of rotatable bonds is 6. The minimum atomic E-state index is -1.12. The molecule has 0 saturated heterocycles. The van der Waals surface area contributed by atoms with Gasteiger partial charge in [0.15, 0.2) is 0 Å². The lowest BCUT2D eigenvalue weighted by Gasteiger charge is -2.23. The number of ether oxygens (including phenoxy) is 2. The summed E-state index contributed by atoms with van der Waals surface area (Å²) in [6.45, 7) is 9.46. The normalized spacial score (nSPS) is 15.0. The van der Waals surface area contributed by atoms with Crippen molar-refractivity contribution in [2.75, 3.05) is 13.2 Å². The molecule has 0 aromatic carbocycles. The van der Waals surface area contributed by atoms with Crippen molar-refractivity contribution in [2.45, 2.75) is 53.5 Å². The third-order valence-corrected chi connectivity index (χ3v) is 2.49. The summed E-state index contributed by atoms with van der Waals surface area (Å²) in [5, 5.41) is 18.9. The predicted molar refractivity (Wildman–Crippen MR) is 78.6 cm³/mol. The predicted octanol–water partition coefficient (Wildman–Crippen LogP) is 0.506. The maximum atomic E-state index is 11.7. The molecule has 0 aromatic heterocycles. The second-order valence-corrected chi connectivity index (χ2v) is 6.98. The second-order valence-electron chi connectivity index (χ2n) is 6.98. The molecule has 0 spiro atoms. The Balaban J connectivity index is 4.31. The molecule has 0 bridgehead atoms. The Labute approximate surface area is 127 Å². The zero-order chi connectivity index (χ0) is 16.8. The van der Waals surface area contributed by atoms with Crippen LogP contribution in [0, 0.1) is 10.8 Å². The minimum absolute atomic E-state index is 0.250. The molecule has 21 heavy (non-hydrogen) atoms. The van der Waals surface area contributed by atoms with Crippen LogP contribution < -0.4 is 0 Å². The van der Waals surface area contributed by atoms with Crippen LogP contribution in [0.1, 0.15) is 41.5 Å². The maximum absolute atomic E-state index is 11.7. The molecule has 2 N–H and O–H groups in total. The lowest BCUT2D eigenvalue weighted by atomic mass is 9.66. The monoisotopic (exact) mass is 301 g/mol. The SMILES string of the molecule is CC(C)(C)C(=O)OCC(O)[B]C(CO)OC(=O)C(C)(C)C. The highest BCUT2D eigenvalue weighted by molar-refractivity contribution is 6.39. The topological polar surface area (TPSA) is 93.1 Å². The van der Waals surface area contributed by atoms with Gasteiger partial charge in [-0.1, -0.05) is 0 Å². The molecule has 0 aliphatic rings. The van der Waals surface area contributed by atoms with Crippen LogP contribution in [0.15, 0.2) is 0 Å². The van der Waals surface area contributed by atoms with Gasteiger partial charge < -0.3 is 19.7 Å². The van der Waals surface area contributed by atoms with E-state index < -0.39 is 41.4 Å². The lowest BCUT2D eigenvalue weighted by molar-refractivity contribution is -0.157. The average molecular weight is 301 g/mol. The van der Waals surface area contributed by atoms with Crippen LogP contribution in [-0.4, -0.2) is 54.7 Å². The smallest absolute Gasteiger partial charge is 0.311 e. The Morgan fingerprint density at radius 1 is 1.05 bits per heavy atom. The van der Waals surface area contributed by atoms with Crippen molar-refractivity contribution in [1.29, 1.82) is 0 Å². The van der Waals surface area contributed by atoms with Crippen LogP contribution in [0.2, 0.25) is 0 Å².